The second kappa shape index (κ2) is 8.34. The highest BCUT2D eigenvalue weighted by molar-refractivity contribution is 5.80. The predicted molar refractivity (Wildman–Crippen MR) is 94.0 cm³/mol. The number of aryl methyl sites for hydroxylation is 1. The summed E-state index contributed by atoms with van der Waals surface area (Å²) in [4.78, 5) is 12.2. The summed E-state index contributed by atoms with van der Waals surface area (Å²) in [6.07, 6.45) is 1.77. The van der Waals surface area contributed by atoms with Crippen molar-refractivity contribution in [2.24, 2.45) is 5.92 Å². The number of ether oxygens (including phenoxy) is 1. The minimum Gasteiger partial charge on any atom is -0.481 e. The van der Waals surface area contributed by atoms with E-state index < -0.39 is 6.10 Å². The molecule has 2 rings (SSSR count). The molecule has 1 aliphatic rings. The van der Waals surface area contributed by atoms with E-state index in [0.29, 0.717) is 11.8 Å². The normalized spacial score (nSPS) is 18.9. The molecule has 4 heteroatoms. The first kappa shape index (κ1) is 17.8. The molecule has 1 aromatic rings. The maximum Gasteiger partial charge on any atom is 0.260 e. The largest absolute Gasteiger partial charge is 0.481 e. The molecule has 1 aromatic carbocycles. The van der Waals surface area contributed by atoms with E-state index in [1.54, 1.807) is 0 Å². The molecule has 23 heavy (non-hydrogen) atoms. The molecule has 128 valence electrons. The number of carbonyl (C=O) groups is 1. The number of nitrogens with one attached hydrogen (secondary N) is 2. The monoisotopic (exact) mass is 318 g/mol. The van der Waals surface area contributed by atoms with Crippen LogP contribution in [0.1, 0.15) is 50.7 Å². The van der Waals surface area contributed by atoms with Gasteiger partial charge in [-0.3, -0.25) is 4.79 Å². The Bertz CT molecular complexity index is 522. The van der Waals surface area contributed by atoms with E-state index in [0.717, 1.165) is 37.4 Å². The van der Waals surface area contributed by atoms with E-state index >= 15 is 0 Å². The first-order valence-electron chi connectivity index (χ1n) is 8.73. The van der Waals surface area contributed by atoms with Crippen molar-refractivity contribution in [1.82, 2.24) is 10.6 Å². The van der Waals surface area contributed by atoms with Gasteiger partial charge in [-0.25, -0.2) is 0 Å². The molecule has 2 atom stereocenters. The van der Waals surface area contributed by atoms with Crippen LogP contribution in [0.4, 0.5) is 0 Å². The molecule has 1 fully saturated rings. The van der Waals surface area contributed by atoms with E-state index in [1.165, 1.54) is 12.0 Å². The summed E-state index contributed by atoms with van der Waals surface area (Å²) < 4.78 is 5.90. The van der Waals surface area contributed by atoms with Gasteiger partial charge in [-0.2, -0.15) is 0 Å². The van der Waals surface area contributed by atoms with E-state index in [4.69, 9.17) is 4.74 Å². The van der Waals surface area contributed by atoms with Crippen molar-refractivity contribution < 1.29 is 9.53 Å². The van der Waals surface area contributed by atoms with Gasteiger partial charge in [-0.05, 0) is 68.8 Å². The molecule has 1 heterocycles. The minimum absolute atomic E-state index is 0.0368. The number of carbonyl (C=O) groups excluding carboxylic acids is 1. The molecule has 1 saturated heterocycles. The smallest absolute Gasteiger partial charge is 0.260 e. The zero-order valence-corrected chi connectivity index (χ0v) is 14.8. The quantitative estimate of drug-likeness (QED) is 0.812. The maximum absolute atomic E-state index is 12.2. The first-order valence-corrected chi connectivity index (χ1v) is 8.73. The van der Waals surface area contributed by atoms with Crippen molar-refractivity contribution in [3.8, 4) is 5.75 Å². The highest BCUT2D eigenvalue weighted by Crippen LogP contribution is 2.25. The van der Waals surface area contributed by atoms with Gasteiger partial charge in [0, 0.05) is 6.54 Å². The lowest BCUT2D eigenvalue weighted by Crippen LogP contribution is -2.37. The fourth-order valence-corrected chi connectivity index (χ4v) is 2.85. The van der Waals surface area contributed by atoms with Gasteiger partial charge >= 0.3 is 0 Å². The van der Waals surface area contributed by atoms with Crippen molar-refractivity contribution in [3.63, 3.8) is 0 Å². The third-order valence-corrected chi connectivity index (χ3v) is 4.57. The van der Waals surface area contributed by atoms with Crippen LogP contribution >= 0.6 is 0 Å². The molecule has 0 saturated carbocycles. The molecule has 0 aliphatic carbocycles. The van der Waals surface area contributed by atoms with Crippen molar-refractivity contribution >= 4 is 5.91 Å². The van der Waals surface area contributed by atoms with E-state index in [-0.39, 0.29) is 5.91 Å². The average molecular weight is 318 g/mol. The lowest BCUT2D eigenvalue weighted by atomic mass is 10.0. The van der Waals surface area contributed by atoms with Gasteiger partial charge in [0.05, 0.1) is 0 Å². The summed E-state index contributed by atoms with van der Waals surface area (Å²) >= 11 is 0. The zero-order chi connectivity index (χ0) is 16.8. The van der Waals surface area contributed by atoms with Crippen LogP contribution in [0.3, 0.4) is 0 Å². The molecule has 1 aliphatic heterocycles. The molecule has 0 radical (unpaired) electrons. The zero-order valence-electron chi connectivity index (χ0n) is 14.8. The van der Waals surface area contributed by atoms with E-state index in [2.05, 4.69) is 36.6 Å². The molecule has 0 spiro atoms. The van der Waals surface area contributed by atoms with Gasteiger partial charge in [0.25, 0.3) is 5.91 Å². The van der Waals surface area contributed by atoms with E-state index in [1.807, 2.05) is 19.9 Å². The lowest BCUT2D eigenvalue weighted by Gasteiger charge is -2.18. The second-order valence-electron chi connectivity index (χ2n) is 6.88. The molecule has 2 unspecified atom stereocenters. The summed E-state index contributed by atoms with van der Waals surface area (Å²) in [6.45, 7) is 11.0. The third kappa shape index (κ3) is 5.24. The Kier molecular flexibility index (Phi) is 6.46. The van der Waals surface area contributed by atoms with Gasteiger partial charge in [-0.15, -0.1) is 0 Å². The Hall–Kier alpha value is -1.55. The van der Waals surface area contributed by atoms with Crippen LogP contribution in [0.5, 0.6) is 5.75 Å². The number of hydrogen-bond donors (Lipinski definition) is 2. The summed E-state index contributed by atoms with van der Waals surface area (Å²) in [5.41, 5.74) is 2.29. The Morgan fingerprint density at radius 1 is 1.39 bits per heavy atom. The molecule has 4 nitrogen and oxygen atoms in total. The predicted octanol–water partition coefficient (Wildman–Crippen LogP) is 3.00. The van der Waals surface area contributed by atoms with Crippen molar-refractivity contribution in [1.29, 1.82) is 0 Å². The summed E-state index contributed by atoms with van der Waals surface area (Å²) in [7, 11) is 0. The third-order valence-electron chi connectivity index (χ3n) is 4.57. The fraction of sp³-hybridized carbons (Fsp3) is 0.632. The van der Waals surface area contributed by atoms with Gasteiger partial charge in [0.2, 0.25) is 0 Å². The van der Waals surface area contributed by atoms with Gasteiger partial charge in [0.15, 0.2) is 6.10 Å². The van der Waals surface area contributed by atoms with Gasteiger partial charge in [0.1, 0.15) is 5.75 Å². The Morgan fingerprint density at radius 3 is 2.83 bits per heavy atom. The standard InChI is InChI=1S/C19H30N2O2/c1-13(2)17-6-5-14(3)18(11-17)23-15(4)19(22)21-10-8-16-7-9-20-12-16/h5-6,11,13,15-16,20H,7-10,12H2,1-4H3,(H,21,22). The molecular formula is C19H30N2O2. The van der Waals surface area contributed by atoms with Crippen LogP contribution in [0.15, 0.2) is 18.2 Å². The van der Waals surface area contributed by atoms with Gasteiger partial charge < -0.3 is 15.4 Å². The highest BCUT2D eigenvalue weighted by atomic mass is 16.5. The molecule has 0 bridgehead atoms. The van der Waals surface area contributed by atoms with Crippen molar-refractivity contribution in [3.05, 3.63) is 29.3 Å². The van der Waals surface area contributed by atoms with Gasteiger partial charge in [-0.1, -0.05) is 26.0 Å². The maximum atomic E-state index is 12.2. The van der Waals surface area contributed by atoms with Crippen LogP contribution in [0, 0.1) is 12.8 Å². The lowest BCUT2D eigenvalue weighted by molar-refractivity contribution is -0.127. The van der Waals surface area contributed by atoms with Crippen LogP contribution in [-0.4, -0.2) is 31.6 Å². The average Bonchev–Trinajstić information content (AvgIpc) is 3.02. The number of benzene rings is 1. The molecule has 0 aromatic heterocycles. The number of rotatable bonds is 7. The summed E-state index contributed by atoms with van der Waals surface area (Å²) in [5.74, 6) is 1.91. The Morgan fingerprint density at radius 2 is 2.17 bits per heavy atom. The Labute approximate surface area is 140 Å². The number of hydrogen-bond acceptors (Lipinski definition) is 3. The highest BCUT2D eigenvalue weighted by Gasteiger charge is 2.18. The van der Waals surface area contributed by atoms with Crippen molar-refractivity contribution in [2.75, 3.05) is 19.6 Å². The SMILES string of the molecule is Cc1ccc(C(C)C)cc1OC(C)C(=O)NCCC1CCNC1. The minimum atomic E-state index is -0.474. The molecule has 1 amide bonds. The van der Waals surface area contributed by atoms with Crippen LogP contribution in [0.25, 0.3) is 0 Å². The topological polar surface area (TPSA) is 50.4 Å². The summed E-state index contributed by atoms with van der Waals surface area (Å²) in [5, 5.41) is 6.34. The first-order chi connectivity index (χ1) is 11.0. The van der Waals surface area contributed by atoms with Crippen LogP contribution in [-0.2, 0) is 4.79 Å². The summed E-state index contributed by atoms with van der Waals surface area (Å²) in [6, 6.07) is 6.23. The number of amides is 1. The van der Waals surface area contributed by atoms with Crippen molar-refractivity contribution in [2.45, 2.75) is 52.6 Å². The second-order valence-corrected chi connectivity index (χ2v) is 6.88. The molecule has 2 N–H and O–H groups in total. The molecular weight excluding hydrogens is 288 g/mol. The van der Waals surface area contributed by atoms with Crippen LogP contribution in [0.2, 0.25) is 0 Å². The van der Waals surface area contributed by atoms with E-state index in [9.17, 15) is 4.79 Å². The Balaban J connectivity index is 1.83. The fourth-order valence-electron chi connectivity index (χ4n) is 2.85. The van der Waals surface area contributed by atoms with Crippen LogP contribution < -0.4 is 15.4 Å².